The number of aliphatic hydroxyl groups is 1. The van der Waals surface area contributed by atoms with E-state index in [1.54, 1.807) is 12.0 Å². The highest BCUT2D eigenvalue weighted by atomic mass is 16.3. The third-order valence-corrected chi connectivity index (χ3v) is 27.8. The Morgan fingerprint density at radius 3 is 2.01 bits per heavy atom. The van der Waals surface area contributed by atoms with E-state index in [2.05, 4.69) is 95.4 Å². The molecule has 0 spiro atoms. The Hall–Kier alpha value is -1.12. The molecule has 69 heavy (non-hydrogen) atoms. The Morgan fingerprint density at radius 2 is 1.43 bits per heavy atom. The first-order chi connectivity index (χ1) is 32.8. The number of aliphatic hydroxyl groups excluding tert-OH is 1. The largest absolute Gasteiger partial charge is 0.388 e. The number of allylic oxidation sites excluding steroid dienone is 3. The van der Waals surface area contributed by atoms with E-state index in [1.165, 1.54) is 153 Å². The molecule has 0 aromatic rings. The fourth-order valence-corrected chi connectivity index (χ4v) is 24.2. The Kier molecular flexibility index (Phi) is 13.6. The van der Waals surface area contributed by atoms with Gasteiger partial charge in [0.05, 0.1) is 6.10 Å². The van der Waals surface area contributed by atoms with Crippen molar-refractivity contribution in [3.8, 4) is 0 Å². The standard InChI is InChI=1S/C67H109NO/c1-14-54-49-32-50(55(54)30-45(9)65(15-2,16-3)63(12)44(8)29-43(7)60(63)69)39-62(11,38-49)67-40-51-33-52(67)25-26-58(51)64(13,59(68)41-67)66(17-4,18-5)53-34-56-47-31-48(57(56)35-53)37-61(10,36-47)28-27-42(6)23-24-46-21-19-20-22-46/h21,42,45,47-50,52-57,59-60,69H,7-8,14-20,22-41,68H2,1-6,9-13H3. The lowest BCUT2D eigenvalue weighted by Gasteiger charge is -2.62. The summed E-state index contributed by atoms with van der Waals surface area (Å²) < 4.78 is 0. The molecule has 0 aromatic heterocycles. The maximum Gasteiger partial charge on any atom is 0.0846 e. The average molecular weight is 945 g/mol. The van der Waals surface area contributed by atoms with Gasteiger partial charge in [-0.25, -0.2) is 0 Å². The van der Waals surface area contributed by atoms with Crippen LogP contribution in [0.5, 0.6) is 0 Å². The van der Waals surface area contributed by atoms with Crippen LogP contribution in [-0.2, 0) is 0 Å². The summed E-state index contributed by atoms with van der Waals surface area (Å²) in [6, 6.07) is 0.258. The van der Waals surface area contributed by atoms with Gasteiger partial charge in [0.15, 0.2) is 0 Å². The van der Waals surface area contributed by atoms with Crippen LogP contribution in [-0.4, -0.2) is 17.3 Å². The zero-order valence-corrected chi connectivity index (χ0v) is 47.2. The van der Waals surface area contributed by atoms with Crippen LogP contribution < -0.4 is 5.73 Å². The van der Waals surface area contributed by atoms with Crippen molar-refractivity contribution < 1.29 is 5.11 Å². The summed E-state index contributed by atoms with van der Waals surface area (Å²) in [7, 11) is 0. The molecule has 17 unspecified atom stereocenters. The van der Waals surface area contributed by atoms with Crippen LogP contribution >= 0.6 is 0 Å². The summed E-state index contributed by atoms with van der Waals surface area (Å²) in [6.45, 7) is 37.6. The fourth-order valence-electron chi connectivity index (χ4n) is 24.2. The van der Waals surface area contributed by atoms with Gasteiger partial charge in [-0.05, 0) is 264 Å². The summed E-state index contributed by atoms with van der Waals surface area (Å²) in [5.41, 5.74) is 17.5. The first-order valence-corrected chi connectivity index (χ1v) is 30.9. The topological polar surface area (TPSA) is 46.2 Å². The van der Waals surface area contributed by atoms with Gasteiger partial charge in [-0.3, -0.25) is 0 Å². The van der Waals surface area contributed by atoms with Crippen LogP contribution in [0.15, 0.2) is 47.1 Å². The summed E-state index contributed by atoms with van der Waals surface area (Å²) >= 11 is 0. The van der Waals surface area contributed by atoms with E-state index >= 15 is 0 Å². The minimum atomic E-state index is -0.480. The Balaban J connectivity index is 0.873. The Bertz CT molecular complexity index is 1990. The van der Waals surface area contributed by atoms with Crippen molar-refractivity contribution in [3.63, 3.8) is 0 Å². The van der Waals surface area contributed by atoms with Crippen molar-refractivity contribution in [2.24, 2.45) is 115 Å². The molecule has 7 bridgehead atoms. The van der Waals surface area contributed by atoms with Gasteiger partial charge >= 0.3 is 0 Å². The van der Waals surface area contributed by atoms with Crippen LogP contribution in [0.1, 0.15) is 250 Å². The first-order valence-electron chi connectivity index (χ1n) is 30.9. The number of nitrogens with two attached hydrogens (primary N) is 1. The highest BCUT2D eigenvalue weighted by Gasteiger charge is 2.70. The molecule has 0 aliphatic heterocycles. The minimum Gasteiger partial charge on any atom is -0.388 e. The van der Waals surface area contributed by atoms with Gasteiger partial charge in [0.2, 0.25) is 0 Å². The van der Waals surface area contributed by atoms with E-state index in [9.17, 15) is 5.11 Å². The van der Waals surface area contributed by atoms with Crippen LogP contribution in [0, 0.1) is 109 Å². The number of fused-ring (bicyclic) bond motifs is 10. The SMILES string of the molecule is C=C1CC(=C)C(C)(C(CC)(CC)C(C)CC2C3CC(CC(C)(C45CC6=C(CCC4C6)C(C)(C(CC)(CC)C4CC6C7CC(CC(C)(CCC(C)CCC8=CCCC8)C7)C6C4)C(N)C5)C3)C2CC)C1O. The monoisotopic (exact) mass is 944 g/mol. The van der Waals surface area contributed by atoms with Crippen molar-refractivity contribution >= 4 is 0 Å². The molecule has 0 aromatic carbocycles. The number of rotatable bonds is 18. The molecule has 0 heterocycles. The predicted molar refractivity (Wildman–Crippen MR) is 293 cm³/mol. The molecular formula is C67H109NO. The zero-order chi connectivity index (χ0) is 49.3. The number of hydrogen-bond acceptors (Lipinski definition) is 2. The molecule has 3 N–H and O–H groups in total. The molecule has 7 fully saturated rings. The summed E-state index contributed by atoms with van der Waals surface area (Å²) in [6.07, 6.45) is 38.8. The average Bonchev–Trinajstić information content (AvgIpc) is 4.17. The number of hydrogen-bond donors (Lipinski definition) is 2. The van der Waals surface area contributed by atoms with Gasteiger partial charge in [0, 0.05) is 16.9 Å². The van der Waals surface area contributed by atoms with Gasteiger partial charge in [-0.2, -0.15) is 0 Å². The zero-order valence-electron chi connectivity index (χ0n) is 47.2. The van der Waals surface area contributed by atoms with Crippen molar-refractivity contribution in [3.05, 3.63) is 47.1 Å². The lowest BCUT2D eigenvalue weighted by atomic mass is 9.43. The fraction of sp³-hybridized carbons (Fsp3) is 0.881. The maximum absolute atomic E-state index is 11.9. The second kappa shape index (κ2) is 18.3. The molecule has 2 nitrogen and oxygen atoms in total. The minimum absolute atomic E-state index is 0.0250. The molecule has 0 amide bonds. The molecule has 388 valence electrons. The van der Waals surface area contributed by atoms with Crippen LogP contribution in [0.2, 0.25) is 0 Å². The molecule has 2 heteroatoms. The normalized spacial score (nSPS) is 46.8. The molecule has 10 rings (SSSR count). The van der Waals surface area contributed by atoms with Gasteiger partial charge < -0.3 is 10.8 Å². The molecule has 0 radical (unpaired) electrons. The van der Waals surface area contributed by atoms with Crippen molar-refractivity contribution in [2.75, 3.05) is 0 Å². The molecule has 7 saturated carbocycles. The first kappa shape index (κ1) is 51.4. The van der Waals surface area contributed by atoms with Gasteiger partial charge in [-0.1, -0.05) is 131 Å². The van der Waals surface area contributed by atoms with E-state index in [4.69, 9.17) is 5.73 Å². The third-order valence-electron chi connectivity index (χ3n) is 27.8. The van der Waals surface area contributed by atoms with E-state index < -0.39 is 6.10 Å². The van der Waals surface area contributed by atoms with E-state index in [0.717, 1.165) is 89.9 Å². The summed E-state index contributed by atoms with van der Waals surface area (Å²) in [5, 5.41) is 11.9. The lowest BCUT2D eigenvalue weighted by Crippen LogP contribution is -2.59. The van der Waals surface area contributed by atoms with Gasteiger partial charge in [0.25, 0.3) is 0 Å². The molecule has 10 aliphatic rings. The molecular weight excluding hydrogens is 835 g/mol. The van der Waals surface area contributed by atoms with Crippen LogP contribution in [0.3, 0.4) is 0 Å². The highest BCUT2D eigenvalue weighted by molar-refractivity contribution is 5.40. The van der Waals surface area contributed by atoms with Crippen molar-refractivity contribution in [2.45, 2.75) is 262 Å². The van der Waals surface area contributed by atoms with Crippen LogP contribution in [0.4, 0.5) is 0 Å². The van der Waals surface area contributed by atoms with Gasteiger partial charge in [-0.15, -0.1) is 0 Å². The van der Waals surface area contributed by atoms with E-state index in [0.29, 0.717) is 27.6 Å². The highest BCUT2D eigenvalue weighted by Crippen LogP contribution is 2.77. The molecule has 10 aliphatic carbocycles. The molecule has 0 saturated heterocycles. The summed E-state index contributed by atoms with van der Waals surface area (Å²) in [4.78, 5) is 0. The second-order valence-corrected chi connectivity index (χ2v) is 29.6. The van der Waals surface area contributed by atoms with E-state index in [1.807, 2.05) is 11.1 Å². The third kappa shape index (κ3) is 7.41. The maximum atomic E-state index is 11.9. The van der Waals surface area contributed by atoms with E-state index in [-0.39, 0.29) is 22.3 Å². The lowest BCUT2D eigenvalue weighted by molar-refractivity contribution is -0.0901. The van der Waals surface area contributed by atoms with Crippen molar-refractivity contribution in [1.29, 1.82) is 0 Å². The second-order valence-electron chi connectivity index (χ2n) is 29.6. The summed E-state index contributed by atoms with van der Waals surface area (Å²) in [5.74, 6) is 10.2. The van der Waals surface area contributed by atoms with Gasteiger partial charge in [0.1, 0.15) is 0 Å². The quantitative estimate of drug-likeness (QED) is 0.135. The van der Waals surface area contributed by atoms with Crippen LogP contribution in [0.25, 0.3) is 0 Å². The Labute approximate surface area is 426 Å². The van der Waals surface area contributed by atoms with Crippen molar-refractivity contribution in [1.82, 2.24) is 0 Å². The predicted octanol–water partition coefficient (Wildman–Crippen LogP) is 18.2. The molecule has 17 atom stereocenters. The smallest absolute Gasteiger partial charge is 0.0846 e. The Morgan fingerprint density at radius 1 is 0.783 bits per heavy atom.